The molecule has 0 aliphatic heterocycles. The normalized spacial score (nSPS) is 10.4. The van der Waals surface area contributed by atoms with Crippen LogP contribution in [0.4, 0.5) is 27.4 Å². The predicted molar refractivity (Wildman–Crippen MR) is 139 cm³/mol. The maximum absolute atomic E-state index is 14.1. The van der Waals surface area contributed by atoms with E-state index in [9.17, 15) is 14.0 Å². The zero-order chi connectivity index (χ0) is 24.1. The van der Waals surface area contributed by atoms with Crippen LogP contribution in [0.1, 0.15) is 17.3 Å². The first-order valence-electron chi connectivity index (χ1n) is 10.2. The molecular weight excluding hydrogens is 548 g/mol. The topological polar surface area (TPSA) is 96.0 Å². The van der Waals surface area contributed by atoms with Gasteiger partial charge in [0.05, 0.1) is 11.3 Å². The first kappa shape index (κ1) is 23.3. The lowest BCUT2D eigenvalue weighted by Gasteiger charge is -2.11. The summed E-state index contributed by atoms with van der Waals surface area (Å²) in [6.45, 7) is 1.46. The Morgan fingerprint density at radius 1 is 0.882 bits per heavy atom. The van der Waals surface area contributed by atoms with Crippen molar-refractivity contribution < 1.29 is 14.0 Å². The fraction of sp³-hybridized carbons (Fsp3) is 0.0400. The highest BCUT2D eigenvalue weighted by atomic mass is 127. The summed E-state index contributed by atoms with van der Waals surface area (Å²) in [4.78, 5) is 32.6. The van der Waals surface area contributed by atoms with Crippen molar-refractivity contribution >= 4 is 57.4 Å². The summed E-state index contributed by atoms with van der Waals surface area (Å²) in [7, 11) is 0. The highest BCUT2D eigenvalue weighted by Gasteiger charge is 2.15. The van der Waals surface area contributed by atoms with E-state index in [-0.39, 0.29) is 11.5 Å². The van der Waals surface area contributed by atoms with Gasteiger partial charge in [-0.1, -0.05) is 24.3 Å². The monoisotopic (exact) mass is 567 g/mol. The Bertz CT molecular complexity index is 1340. The molecule has 0 radical (unpaired) electrons. The maximum atomic E-state index is 14.1. The number of anilines is 4. The molecule has 0 spiro atoms. The molecule has 34 heavy (non-hydrogen) atoms. The van der Waals surface area contributed by atoms with Crippen LogP contribution in [0.5, 0.6) is 0 Å². The van der Waals surface area contributed by atoms with Gasteiger partial charge in [-0.2, -0.15) is 0 Å². The Morgan fingerprint density at radius 3 is 2.35 bits per heavy atom. The second kappa shape index (κ2) is 10.4. The van der Waals surface area contributed by atoms with E-state index < -0.39 is 11.7 Å². The number of rotatable bonds is 6. The highest BCUT2D eigenvalue weighted by Crippen LogP contribution is 2.24. The van der Waals surface area contributed by atoms with Crippen molar-refractivity contribution in [1.82, 2.24) is 9.97 Å². The van der Waals surface area contributed by atoms with Gasteiger partial charge < -0.3 is 16.0 Å². The second-order valence-electron chi connectivity index (χ2n) is 7.28. The van der Waals surface area contributed by atoms with Gasteiger partial charge in [0.15, 0.2) is 0 Å². The van der Waals surface area contributed by atoms with Gasteiger partial charge in [-0.3, -0.25) is 9.59 Å². The molecule has 0 atom stereocenters. The van der Waals surface area contributed by atoms with Crippen molar-refractivity contribution in [2.24, 2.45) is 0 Å². The van der Waals surface area contributed by atoms with Crippen molar-refractivity contribution in [3.63, 3.8) is 0 Å². The molecule has 3 aromatic carbocycles. The van der Waals surface area contributed by atoms with Gasteiger partial charge >= 0.3 is 0 Å². The number of hydrogen-bond donors (Lipinski definition) is 3. The van der Waals surface area contributed by atoms with Crippen LogP contribution in [-0.4, -0.2) is 21.8 Å². The van der Waals surface area contributed by atoms with Crippen molar-refractivity contribution in [2.75, 3.05) is 16.0 Å². The zero-order valence-electron chi connectivity index (χ0n) is 18.0. The minimum atomic E-state index is -0.575. The highest BCUT2D eigenvalue weighted by molar-refractivity contribution is 14.1. The lowest BCUT2D eigenvalue weighted by atomic mass is 10.1. The van der Waals surface area contributed by atoms with Gasteiger partial charge in [-0.25, -0.2) is 14.4 Å². The number of amides is 2. The van der Waals surface area contributed by atoms with Crippen molar-refractivity contribution in [3.8, 4) is 11.3 Å². The lowest BCUT2D eigenvalue weighted by molar-refractivity contribution is -0.114. The molecular formula is C25H19FIN5O2. The van der Waals surface area contributed by atoms with Crippen LogP contribution in [-0.2, 0) is 4.79 Å². The number of benzene rings is 3. The van der Waals surface area contributed by atoms with E-state index in [2.05, 4.69) is 25.9 Å². The summed E-state index contributed by atoms with van der Waals surface area (Å²) in [5.74, 6) is -0.867. The molecule has 0 unspecified atom stereocenters. The Kier molecular flexibility index (Phi) is 7.12. The number of nitrogens with one attached hydrogen (secondary N) is 3. The van der Waals surface area contributed by atoms with Crippen molar-refractivity contribution in [2.45, 2.75) is 6.92 Å². The maximum Gasteiger partial charge on any atom is 0.259 e. The quantitative estimate of drug-likeness (QED) is 0.255. The lowest BCUT2D eigenvalue weighted by Crippen LogP contribution is -2.15. The molecule has 0 saturated heterocycles. The Morgan fingerprint density at radius 2 is 1.62 bits per heavy atom. The molecule has 0 fully saturated rings. The SMILES string of the molecule is CC(=O)Nc1ccc(-c2ccnc(Nc3cccc(NC(=O)c4c(F)cccc4I)c3)n2)cc1. The molecule has 1 heterocycles. The summed E-state index contributed by atoms with van der Waals surface area (Å²) in [6, 6.07) is 20.6. The zero-order valence-corrected chi connectivity index (χ0v) is 20.1. The van der Waals surface area contributed by atoms with Gasteiger partial charge in [0.25, 0.3) is 5.91 Å². The van der Waals surface area contributed by atoms with Crippen molar-refractivity contribution in [3.05, 3.63) is 93.9 Å². The van der Waals surface area contributed by atoms with Crippen LogP contribution in [0.25, 0.3) is 11.3 Å². The Balaban J connectivity index is 1.49. The minimum Gasteiger partial charge on any atom is -0.326 e. The van der Waals surface area contributed by atoms with Crippen molar-refractivity contribution in [1.29, 1.82) is 0 Å². The van der Waals surface area contributed by atoms with Crippen LogP contribution in [0.15, 0.2) is 79.0 Å². The van der Waals surface area contributed by atoms with E-state index in [4.69, 9.17) is 0 Å². The first-order chi connectivity index (χ1) is 16.4. The molecule has 2 amide bonds. The van der Waals surface area contributed by atoms with E-state index in [1.54, 1.807) is 60.8 Å². The molecule has 0 aliphatic carbocycles. The smallest absolute Gasteiger partial charge is 0.259 e. The number of aromatic nitrogens is 2. The largest absolute Gasteiger partial charge is 0.326 e. The van der Waals surface area contributed by atoms with Crippen LogP contribution in [0.2, 0.25) is 0 Å². The molecule has 0 bridgehead atoms. The van der Waals surface area contributed by atoms with E-state index in [0.29, 0.717) is 32.3 Å². The molecule has 4 aromatic rings. The van der Waals surface area contributed by atoms with Gasteiger partial charge in [0, 0.05) is 39.3 Å². The van der Waals surface area contributed by atoms with Crippen LogP contribution in [0.3, 0.4) is 0 Å². The average Bonchev–Trinajstić information content (AvgIpc) is 2.79. The minimum absolute atomic E-state index is 0.00187. The molecule has 0 saturated carbocycles. The number of halogens is 2. The molecule has 170 valence electrons. The average molecular weight is 567 g/mol. The molecule has 9 heteroatoms. The summed E-state index contributed by atoms with van der Waals surface area (Å²) < 4.78 is 14.6. The third kappa shape index (κ3) is 5.73. The molecule has 1 aromatic heterocycles. The number of carbonyl (C=O) groups is 2. The fourth-order valence-corrected chi connectivity index (χ4v) is 3.93. The van der Waals surface area contributed by atoms with E-state index in [0.717, 1.165) is 5.56 Å². The van der Waals surface area contributed by atoms with E-state index in [1.165, 1.54) is 13.0 Å². The predicted octanol–water partition coefficient (Wildman–Crippen LogP) is 5.84. The van der Waals surface area contributed by atoms with Gasteiger partial charge in [-0.15, -0.1) is 0 Å². The van der Waals surface area contributed by atoms with Gasteiger partial charge in [0.1, 0.15) is 5.82 Å². The summed E-state index contributed by atoms with van der Waals surface area (Å²) >= 11 is 1.93. The van der Waals surface area contributed by atoms with Gasteiger partial charge in [0.2, 0.25) is 11.9 Å². The first-order valence-corrected chi connectivity index (χ1v) is 11.3. The van der Waals surface area contributed by atoms with Crippen LogP contribution in [0, 0.1) is 9.39 Å². The summed E-state index contributed by atoms with van der Waals surface area (Å²) in [6.07, 6.45) is 1.64. The number of nitrogens with zero attached hydrogens (tertiary/aromatic N) is 2. The van der Waals surface area contributed by atoms with Crippen LogP contribution >= 0.6 is 22.6 Å². The second-order valence-corrected chi connectivity index (χ2v) is 8.44. The van der Waals surface area contributed by atoms with Gasteiger partial charge in [-0.05, 0) is 71.1 Å². The third-order valence-electron chi connectivity index (χ3n) is 4.72. The third-order valence-corrected chi connectivity index (χ3v) is 5.62. The molecule has 0 aliphatic rings. The molecule has 4 rings (SSSR count). The molecule has 7 nitrogen and oxygen atoms in total. The fourth-order valence-electron chi connectivity index (χ4n) is 3.22. The standard InChI is InChI=1S/C25H19FIN5O2/c1-15(33)29-17-10-8-16(9-11-17)22-12-13-28-25(32-22)31-19-5-2-4-18(14-19)30-24(34)23-20(26)6-3-7-21(23)27/h2-14H,1H3,(H,29,33)(H,30,34)(H,28,31,32). The molecule has 3 N–H and O–H groups in total. The Labute approximate surface area is 209 Å². The van der Waals surface area contributed by atoms with E-state index >= 15 is 0 Å². The van der Waals surface area contributed by atoms with Crippen LogP contribution < -0.4 is 16.0 Å². The summed E-state index contributed by atoms with van der Waals surface area (Å²) in [5.41, 5.74) is 3.41. The number of hydrogen-bond acceptors (Lipinski definition) is 5. The number of carbonyl (C=O) groups excluding carboxylic acids is 2. The summed E-state index contributed by atoms with van der Waals surface area (Å²) in [5, 5.41) is 8.58. The van der Waals surface area contributed by atoms with E-state index in [1.807, 2.05) is 34.7 Å². The Hall–Kier alpha value is -3.86.